The van der Waals surface area contributed by atoms with Gasteiger partial charge in [-0.05, 0) is 61.9 Å². The number of carboxylic acids is 1. The molecule has 0 saturated heterocycles. The summed E-state index contributed by atoms with van der Waals surface area (Å²) < 4.78 is 27.5. The highest BCUT2D eigenvalue weighted by Gasteiger charge is 2.24. The molecule has 0 aliphatic heterocycles. The Morgan fingerprint density at radius 3 is 2.38 bits per heavy atom. The Balaban J connectivity index is 2.03. The number of sulfonamides is 1. The molecule has 0 bridgehead atoms. The number of fused-ring (bicyclic) bond motifs is 1. The zero-order valence-corrected chi connectivity index (χ0v) is 14.2. The van der Waals surface area contributed by atoms with Crippen molar-refractivity contribution in [3.05, 3.63) is 58.7 Å². The Hall–Kier alpha value is -2.34. The van der Waals surface area contributed by atoms with E-state index in [1.54, 1.807) is 18.2 Å². The van der Waals surface area contributed by atoms with E-state index in [1.165, 1.54) is 12.1 Å². The summed E-state index contributed by atoms with van der Waals surface area (Å²) in [5, 5.41) is 9.59. The topological polar surface area (TPSA) is 83.5 Å². The van der Waals surface area contributed by atoms with Crippen LogP contribution in [0.3, 0.4) is 0 Å². The second kappa shape index (κ2) is 6.28. The van der Waals surface area contributed by atoms with E-state index >= 15 is 0 Å². The van der Waals surface area contributed by atoms with E-state index in [2.05, 4.69) is 4.72 Å². The highest BCUT2D eigenvalue weighted by Crippen LogP contribution is 2.31. The summed E-state index contributed by atoms with van der Waals surface area (Å²) in [4.78, 5) is 11.8. The quantitative estimate of drug-likeness (QED) is 0.890. The maximum Gasteiger partial charge on any atom is 0.338 e. The zero-order valence-electron chi connectivity index (χ0n) is 13.4. The van der Waals surface area contributed by atoms with Crippen LogP contribution in [0.25, 0.3) is 0 Å². The molecule has 2 aromatic carbocycles. The van der Waals surface area contributed by atoms with Gasteiger partial charge in [0, 0.05) is 0 Å². The summed E-state index contributed by atoms with van der Waals surface area (Å²) >= 11 is 0. The second-order valence-electron chi connectivity index (χ2n) is 6.06. The lowest BCUT2D eigenvalue weighted by Gasteiger charge is -2.20. The summed E-state index contributed by atoms with van der Waals surface area (Å²) in [6, 6.07) is 9.82. The van der Waals surface area contributed by atoms with Crippen LogP contribution in [-0.4, -0.2) is 19.5 Å². The Bertz CT molecular complexity index is 886. The van der Waals surface area contributed by atoms with Gasteiger partial charge in [-0.15, -0.1) is 0 Å². The smallest absolute Gasteiger partial charge is 0.338 e. The van der Waals surface area contributed by atoms with E-state index < -0.39 is 16.0 Å². The largest absolute Gasteiger partial charge is 0.478 e. The number of nitrogens with one attached hydrogen (secondary N) is 1. The molecule has 24 heavy (non-hydrogen) atoms. The lowest BCUT2D eigenvalue weighted by atomic mass is 9.87. The molecule has 0 aromatic heterocycles. The fraction of sp³-hybridized carbons (Fsp3) is 0.278. The normalized spacial score (nSPS) is 14.0. The maximum absolute atomic E-state index is 12.6. The van der Waals surface area contributed by atoms with Gasteiger partial charge in [-0.2, -0.15) is 0 Å². The van der Waals surface area contributed by atoms with Crippen LogP contribution in [0.1, 0.15) is 39.9 Å². The third-order valence-corrected chi connectivity index (χ3v) is 5.70. The Labute approximate surface area is 141 Å². The molecule has 2 aromatic rings. The summed E-state index contributed by atoms with van der Waals surface area (Å²) in [5.74, 6) is -1.10. The van der Waals surface area contributed by atoms with Gasteiger partial charge in [0.2, 0.25) is 0 Å². The molecule has 1 aliphatic carbocycles. The predicted molar refractivity (Wildman–Crippen MR) is 92.0 cm³/mol. The first kappa shape index (κ1) is 16.5. The lowest BCUT2D eigenvalue weighted by Crippen LogP contribution is -2.18. The van der Waals surface area contributed by atoms with Crippen LogP contribution in [0.5, 0.6) is 0 Å². The van der Waals surface area contributed by atoms with Gasteiger partial charge in [0.15, 0.2) is 0 Å². The SMILES string of the molecule is Cc1ccc(S(=O)(=O)Nc2ccc3c(c2C(=O)O)CCCC3)cc1. The van der Waals surface area contributed by atoms with E-state index in [-0.39, 0.29) is 16.1 Å². The molecule has 126 valence electrons. The molecule has 0 spiro atoms. The summed E-state index contributed by atoms with van der Waals surface area (Å²) in [7, 11) is -3.83. The van der Waals surface area contributed by atoms with Crippen molar-refractivity contribution in [1.29, 1.82) is 0 Å². The van der Waals surface area contributed by atoms with E-state index in [9.17, 15) is 18.3 Å². The number of carboxylic acid groups (broad SMARTS) is 1. The van der Waals surface area contributed by atoms with Gasteiger partial charge in [-0.1, -0.05) is 23.8 Å². The molecule has 0 radical (unpaired) electrons. The summed E-state index contributed by atoms with van der Waals surface area (Å²) in [6.07, 6.45) is 3.44. The van der Waals surface area contributed by atoms with Crippen LogP contribution in [0.15, 0.2) is 41.3 Å². The molecule has 2 N–H and O–H groups in total. The fourth-order valence-corrected chi connectivity index (χ4v) is 4.15. The number of hydrogen-bond donors (Lipinski definition) is 2. The Morgan fingerprint density at radius 2 is 1.71 bits per heavy atom. The van der Waals surface area contributed by atoms with Crippen LogP contribution in [0.4, 0.5) is 5.69 Å². The predicted octanol–water partition coefficient (Wildman–Crippen LogP) is 3.37. The van der Waals surface area contributed by atoms with Crippen molar-refractivity contribution < 1.29 is 18.3 Å². The number of aromatic carboxylic acids is 1. The molecule has 0 heterocycles. The monoisotopic (exact) mass is 345 g/mol. The van der Waals surface area contributed by atoms with E-state index in [1.807, 2.05) is 13.0 Å². The van der Waals surface area contributed by atoms with Crippen LogP contribution >= 0.6 is 0 Å². The molecular weight excluding hydrogens is 326 g/mol. The lowest BCUT2D eigenvalue weighted by molar-refractivity contribution is 0.0696. The molecule has 6 heteroatoms. The van der Waals surface area contributed by atoms with Crippen molar-refractivity contribution in [3.63, 3.8) is 0 Å². The molecular formula is C18H19NO4S. The molecule has 0 unspecified atom stereocenters. The van der Waals surface area contributed by atoms with Gasteiger partial charge in [0.25, 0.3) is 10.0 Å². The maximum atomic E-state index is 12.6. The highest BCUT2D eigenvalue weighted by atomic mass is 32.2. The minimum atomic E-state index is -3.83. The number of benzene rings is 2. The average Bonchev–Trinajstić information content (AvgIpc) is 2.54. The van der Waals surface area contributed by atoms with Crippen molar-refractivity contribution in [2.24, 2.45) is 0 Å². The van der Waals surface area contributed by atoms with Crippen LogP contribution in [0, 0.1) is 6.92 Å². The van der Waals surface area contributed by atoms with Crippen molar-refractivity contribution >= 4 is 21.7 Å². The third-order valence-electron chi connectivity index (χ3n) is 4.32. The number of anilines is 1. The number of carbonyl (C=O) groups is 1. The first-order valence-corrected chi connectivity index (χ1v) is 9.34. The van der Waals surface area contributed by atoms with E-state index in [4.69, 9.17) is 0 Å². The fourth-order valence-electron chi connectivity index (χ4n) is 3.08. The van der Waals surface area contributed by atoms with E-state index in [0.29, 0.717) is 6.42 Å². The van der Waals surface area contributed by atoms with Gasteiger partial charge in [-0.25, -0.2) is 13.2 Å². The minimum Gasteiger partial charge on any atom is -0.478 e. The van der Waals surface area contributed by atoms with Crippen LogP contribution < -0.4 is 4.72 Å². The molecule has 0 amide bonds. The minimum absolute atomic E-state index is 0.0721. The zero-order chi connectivity index (χ0) is 17.3. The van der Waals surface area contributed by atoms with Gasteiger partial charge in [-0.3, -0.25) is 4.72 Å². The Kier molecular flexibility index (Phi) is 4.32. The van der Waals surface area contributed by atoms with Gasteiger partial charge < -0.3 is 5.11 Å². The first-order valence-electron chi connectivity index (χ1n) is 7.86. The molecule has 0 atom stereocenters. The molecule has 0 saturated carbocycles. The van der Waals surface area contributed by atoms with Gasteiger partial charge in [0.1, 0.15) is 0 Å². The van der Waals surface area contributed by atoms with E-state index in [0.717, 1.165) is 36.0 Å². The number of rotatable bonds is 4. The summed E-state index contributed by atoms with van der Waals surface area (Å²) in [6.45, 7) is 1.87. The molecule has 1 aliphatic rings. The molecule has 3 rings (SSSR count). The standard InChI is InChI=1S/C18H19NO4S/c1-12-6-9-14(10-7-12)24(22,23)19-16-11-8-13-4-2-3-5-15(13)17(16)18(20)21/h6-11,19H,2-5H2,1H3,(H,20,21). The van der Waals surface area contributed by atoms with Crippen molar-refractivity contribution in [2.75, 3.05) is 4.72 Å². The van der Waals surface area contributed by atoms with Crippen molar-refractivity contribution in [1.82, 2.24) is 0 Å². The van der Waals surface area contributed by atoms with Crippen molar-refractivity contribution in [2.45, 2.75) is 37.5 Å². The van der Waals surface area contributed by atoms with Crippen LogP contribution in [-0.2, 0) is 22.9 Å². The summed E-state index contributed by atoms with van der Waals surface area (Å²) in [5.41, 5.74) is 2.90. The highest BCUT2D eigenvalue weighted by molar-refractivity contribution is 7.92. The number of aryl methyl sites for hydroxylation is 2. The van der Waals surface area contributed by atoms with Gasteiger partial charge in [0.05, 0.1) is 16.1 Å². The third kappa shape index (κ3) is 3.14. The average molecular weight is 345 g/mol. The Morgan fingerprint density at radius 1 is 1.04 bits per heavy atom. The molecule has 5 nitrogen and oxygen atoms in total. The second-order valence-corrected chi connectivity index (χ2v) is 7.74. The van der Waals surface area contributed by atoms with Crippen LogP contribution in [0.2, 0.25) is 0 Å². The first-order chi connectivity index (χ1) is 11.4. The van der Waals surface area contributed by atoms with Crippen molar-refractivity contribution in [3.8, 4) is 0 Å². The molecule has 0 fully saturated rings. The van der Waals surface area contributed by atoms with Gasteiger partial charge >= 0.3 is 5.97 Å². The number of hydrogen-bond acceptors (Lipinski definition) is 3.